The Morgan fingerprint density at radius 1 is 1.40 bits per heavy atom. The second-order valence-corrected chi connectivity index (χ2v) is 5.07. The minimum Gasteiger partial charge on any atom is -0.480 e. The number of hydrogen-bond donors (Lipinski definition) is 4. The van der Waals surface area contributed by atoms with Crippen molar-refractivity contribution in [1.29, 1.82) is 0 Å². The van der Waals surface area contributed by atoms with Crippen LogP contribution in [0, 0.1) is 5.92 Å². The second-order valence-electron chi connectivity index (χ2n) is 5.07. The Morgan fingerprint density at radius 2 is 2.10 bits per heavy atom. The number of hydrogen-bond acceptors (Lipinski definition) is 3. The van der Waals surface area contributed by atoms with Crippen LogP contribution < -0.4 is 10.6 Å². The van der Waals surface area contributed by atoms with Gasteiger partial charge in [0.1, 0.15) is 11.9 Å². The van der Waals surface area contributed by atoms with Gasteiger partial charge in [-0.3, -0.25) is 0 Å². The minimum atomic E-state index is -1.03. The van der Waals surface area contributed by atoms with Crippen LogP contribution in [0.4, 0.5) is 4.79 Å². The summed E-state index contributed by atoms with van der Waals surface area (Å²) >= 11 is 0. The van der Waals surface area contributed by atoms with Gasteiger partial charge in [0.25, 0.3) is 0 Å². The molecule has 4 N–H and O–H groups in total. The van der Waals surface area contributed by atoms with Gasteiger partial charge in [0.2, 0.25) is 0 Å². The van der Waals surface area contributed by atoms with Crippen molar-refractivity contribution >= 4 is 12.0 Å². The maximum Gasteiger partial charge on any atom is 0.326 e. The number of carbonyl (C=O) groups excluding carboxylic acids is 1. The third-order valence-corrected chi connectivity index (χ3v) is 2.87. The molecule has 7 nitrogen and oxygen atoms in total. The van der Waals surface area contributed by atoms with Gasteiger partial charge >= 0.3 is 12.0 Å². The van der Waals surface area contributed by atoms with Crippen molar-refractivity contribution in [3.8, 4) is 0 Å². The van der Waals surface area contributed by atoms with Crippen LogP contribution in [0.1, 0.15) is 45.5 Å². The first-order valence-corrected chi connectivity index (χ1v) is 6.73. The summed E-state index contributed by atoms with van der Waals surface area (Å²) in [5, 5.41) is 14.3. The van der Waals surface area contributed by atoms with Gasteiger partial charge in [-0.05, 0) is 18.8 Å². The van der Waals surface area contributed by atoms with Gasteiger partial charge in [-0.25, -0.2) is 14.6 Å². The summed E-state index contributed by atoms with van der Waals surface area (Å²) in [5.74, 6) is -0.193. The number of nitrogens with one attached hydrogen (secondary N) is 3. The monoisotopic (exact) mass is 282 g/mol. The van der Waals surface area contributed by atoms with E-state index >= 15 is 0 Å². The lowest BCUT2D eigenvalue weighted by Gasteiger charge is -2.20. The molecule has 2 unspecified atom stereocenters. The minimum absolute atomic E-state index is 0.184. The van der Waals surface area contributed by atoms with Crippen LogP contribution in [0.3, 0.4) is 0 Å². The molecule has 0 bridgehead atoms. The van der Waals surface area contributed by atoms with Crippen molar-refractivity contribution < 1.29 is 14.7 Å². The molecular weight excluding hydrogens is 260 g/mol. The number of nitrogens with zero attached hydrogens (tertiary/aromatic N) is 1. The highest BCUT2D eigenvalue weighted by Crippen LogP contribution is 2.11. The third-order valence-electron chi connectivity index (χ3n) is 2.87. The molecule has 0 spiro atoms. The van der Waals surface area contributed by atoms with Crippen LogP contribution in [0.2, 0.25) is 0 Å². The van der Waals surface area contributed by atoms with Crippen molar-refractivity contribution in [2.45, 2.75) is 45.7 Å². The van der Waals surface area contributed by atoms with E-state index in [1.54, 1.807) is 12.4 Å². The smallest absolute Gasteiger partial charge is 0.326 e. The predicted octanol–water partition coefficient (Wildman–Crippen LogP) is 1.66. The summed E-state index contributed by atoms with van der Waals surface area (Å²) in [6.07, 6.45) is 4.33. The molecule has 1 aromatic rings. The van der Waals surface area contributed by atoms with Crippen LogP contribution in [0.5, 0.6) is 0 Å². The molecule has 1 rings (SSSR count). The molecule has 0 aliphatic rings. The Labute approximate surface area is 118 Å². The highest BCUT2D eigenvalue weighted by molar-refractivity contribution is 5.82. The number of urea groups is 1. The number of aliphatic carboxylic acids is 1. The summed E-state index contributed by atoms with van der Waals surface area (Å²) in [5.41, 5.74) is 0. The number of carbonyl (C=O) groups is 2. The number of imidazole rings is 1. The lowest BCUT2D eigenvalue weighted by Crippen LogP contribution is -2.47. The molecule has 0 saturated heterocycles. The van der Waals surface area contributed by atoms with Crippen LogP contribution in [-0.2, 0) is 4.79 Å². The molecule has 0 radical (unpaired) electrons. The van der Waals surface area contributed by atoms with E-state index in [2.05, 4.69) is 20.6 Å². The molecule has 2 amide bonds. The number of rotatable bonds is 7. The molecular formula is C13H22N4O3. The number of carboxylic acids is 1. The van der Waals surface area contributed by atoms with Gasteiger partial charge in [-0.2, -0.15) is 0 Å². The van der Waals surface area contributed by atoms with Crippen LogP contribution in [0.15, 0.2) is 12.4 Å². The van der Waals surface area contributed by atoms with E-state index in [9.17, 15) is 9.59 Å². The van der Waals surface area contributed by atoms with Crippen molar-refractivity contribution in [2.24, 2.45) is 5.92 Å². The van der Waals surface area contributed by atoms with Crippen LogP contribution in [0.25, 0.3) is 0 Å². The molecule has 1 heterocycles. The van der Waals surface area contributed by atoms with E-state index in [0.29, 0.717) is 18.7 Å². The van der Waals surface area contributed by atoms with Gasteiger partial charge in [-0.15, -0.1) is 0 Å². The first-order chi connectivity index (χ1) is 9.43. The molecule has 0 saturated carbocycles. The molecule has 2 atom stereocenters. The zero-order valence-corrected chi connectivity index (χ0v) is 12.0. The number of amides is 2. The summed E-state index contributed by atoms with van der Waals surface area (Å²) in [4.78, 5) is 30.0. The maximum absolute atomic E-state index is 11.9. The lowest BCUT2D eigenvalue weighted by molar-refractivity contribution is -0.139. The molecule has 0 aliphatic heterocycles. The number of aromatic nitrogens is 2. The standard InChI is InChI=1S/C13H22N4O3/c1-4-9(11-14-5-6-15-11)16-13(20)17-10(12(18)19)7-8(2)3/h5-6,8-10H,4,7H2,1-3H3,(H,14,15)(H,18,19)(H2,16,17,20). The predicted molar refractivity (Wildman–Crippen MR) is 74.2 cm³/mol. The molecule has 0 aromatic carbocycles. The van der Waals surface area contributed by atoms with Gasteiger partial charge in [0, 0.05) is 12.4 Å². The highest BCUT2D eigenvalue weighted by Gasteiger charge is 2.22. The summed E-state index contributed by atoms with van der Waals surface area (Å²) < 4.78 is 0. The average Bonchev–Trinajstić information content (AvgIpc) is 2.88. The van der Waals surface area contributed by atoms with Crippen molar-refractivity contribution in [3.05, 3.63) is 18.2 Å². The van der Waals surface area contributed by atoms with E-state index in [0.717, 1.165) is 0 Å². The topological polar surface area (TPSA) is 107 Å². The Kier molecular flexibility index (Phi) is 6.02. The summed E-state index contributed by atoms with van der Waals surface area (Å²) in [6, 6.07) is -1.65. The molecule has 112 valence electrons. The zero-order chi connectivity index (χ0) is 15.1. The normalized spacial score (nSPS) is 13.8. The number of carboxylic acid groups (broad SMARTS) is 1. The van der Waals surface area contributed by atoms with E-state index in [4.69, 9.17) is 5.11 Å². The van der Waals surface area contributed by atoms with Crippen molar-refractivity contribution in [1.82, 2.24) is 20.6 Å². The number of H-pyrrole nitrogens is 1. The zero-order valence-electron chi connectivity index (χ0n) is 12.0. The first kappa shape index (κ1) is 16.0. The molecule has 0 aliphatic carbocycles. The Hall–Kier alpha value is -2.05. The SMILES string of the molecule is CCC(NC(=O)NC(CC(C)C)C(=O)O)c1ncc[nH]1. The number of aromatic amines is 1. The fraction of sp³-hybridized carbons (Fsp3) is 0.615. The maximum atomic E-state index is 11.9. The Bertz CT molecular complexity index is 431. The molecule has 1 aromatic heterocycles. The van der Waals surface area contributed by atoms with Crippen LogP contribution >= 0.6 is 0 Å². The summed E-state index contributed by atoms with van der Waals surface area (Å²) in [6.45, 7) is 5.73. The Balaban J connectivity index is 2.58. The largest absolute Gasteiger partial charge is 0.480 e. The third kappa shape index (κ3) is 4.91. The van der Waals surface area contributed by atoms with Crippen molar-refractivity contribution in [2.75, 3.05) is 0 Å². The molecule has 0 fully saturated rings. The van der Waals surface area contributed by atoms with E-state index in [1.165, 1.54) is 0 Å². The van der Waals surface area contributed by atoms with Gasteiger partial charge < -0.3 is 20.7 Å². The van der Waals surface area contributed by atoms with Crippen LogP contribution in [-0.4, -0.2) is 33.1 Å². The fourth-order valence-electron chi connectivity index (χ4n) is 1.88. The molecule has 20 heavy (non-hydrogen) atoms. The highest BCUT2D eigenvalue weighted by atomic mass is 16.4. The van der Waals surface area contributed by atoms with Gasteiger partial charge in [-0.1, -0.05) is 20.8 Å². The van der Waals surface area contributed by atoms with Gasteiger partial charge in [0.05, 0.1) is 6.04 Å². The van der Waals surface area contributed by atoms with Crippen molar-refractivity contribution in [3.63, 3.8) is 0 Å². The molecule has 7 heteroatoms. The lowest BCUT2D eigenvalue weighted by atomic mass is 10.0. The average molecular weight is 282 g/mol. The quantitative estimate of drug-likeness (QED) is 0.610. The van der Waals surface area contributed by atoms with E-state index < -0.39 is 18.0 Å². The van der Waals surface area contributed by atoms with E-state index in [-0.39, 0.29) is 12.0 Å². The fourth-order valence-corrected chi connectivity index (χ4v) is 1.88. The summed E-state index contributed by atoms with van der Waals surface area (Å²) in [7, 11) is 0. The first-order valence-electron chi connectivity index (χ1n) is 6.73. The second kappa shape index (κ2) is 7.52. The Morgan fingerprint density at radius 3 is 2.55 bits per heavy atom. The van der Waals surface area contributed by atoms with Gasteiger partial charge in [0.15, 0.2) is 0 Å². The van der Waals surface area contributed by atoms with E-state index in [1.807, 2.05) is 20.8 Å².